The molecule has 0 N–H and O–H groups in total. The van der Waals surface area contributed by atoms with Crippen molar-refractivity contribution in [2.75, 3.05) is 0 Å². The van der Waals surface area contributed by atoms with Gasteiger partial charge >= 0.3 is 0 Å². The highest BCUT2D eigenvalue weighted by Crippen LogP contribution is 2.52. The van der Waals surface area contributed by atoms with E-state index in [2.05, 4.69) is 174 Å². The zero-order valence-electron chi connectivity index (χ0n) is 28.8. The normalized spacial score (nSPS) is 14.0. The molecule has 0 unspecified atom stereocenters. The maximum Gasteiger partial charge on any atom is 0.0159 e. The van der Waals surface area contributed by atoms with Crippen LogP contribution in [0.15, 0.2) is 140 Å². The van der Waals surface area contributed by atoms with Crippen molar-refractivity contribution < 1.29 is 0 Å². The summed E-state index contributed by atoms with van der Waals surface area (Å²) < 4.78 is 0. The average Bonchev–Trinajstić information content (AvgIpc) is 3.34. The molecule has 0 atom stereocenters. The zero-order chi connectivity index (χ0) is 33.2. The van der Waals surface area contributed by atoms with Crippen molar-refractivity contribution in [2.45, 2.75) is 45.4 Å². The molecule has 9 aromatic rings. The molecule has 0 heteroatoms. The fourth-order valence-corrected chi connectivity index (χ4v) is 8.87. The molecule has 0 spiro atoms. The second kappa shape index (κ2) is 9.80. The Morgan fingerprint density at radius 3 is 1.63 bits per heavy atom. The smallest absolute Gasteiger partial charge is 0.0159 e. The minimum absolute atomic E-state index is 0.106. The van der Waals surface area contributed by atoms with Gasteiger partial charge in [0.05, 0.1) is 0 Å². The predicted octanol–water partition coefficient (Wildman–Crippen LogP) is 13.8. The molecule has 0 nitrogen and oxygen atoms in total. The van der Waals surface area contributed by atoms with Gasteiger partial charge in [0.15, 0.2) is 0 Å². The molecule has 0 fully saturated rings. The molecule has 0 bridgehead atoms. The molecule has 0 aromatic heterocycles. The van der Waals surface area contributed by atoms with E-state index in [1.54, 1.807) is 0 Å². The number of benzene rings is 9. The Morgan fingerprint density at radius 1 is 0.388 bits per heavy atom. The molecule has 0 saturated heterocycles. The third-order valence-electron chi connectivity index (χ3n) is 11.5. The quantitative estimate of drug-likeness (QED) is 0.168. The maximum atomic E-state index is 2.48. The van der Waals surface area contributed by atoms with Crippen LogP contribution >= 0.6 is 0 Å². The third kappa shape index (κ3) is 4.04. The van der Waals surface area contributed by atoms with Crippen LogP contribution < -0.4 is 0 Å². The highest BCUT2D eigenvalue weighted by Gasteiger charge is 2.36. The summed E-state index contributed by atoms with van der Waals surface area (Å²) in [6.07, 6.45) is 0. The second-order valence-corrected chi connectivity index (χ2v) is 15.8. The van der Waals surface area contributed by atoms with Crippen molar-refractivity contribution >= 4 is 53.9 Å². The van der Waals surface area contributed by atoms with E-state index < -0.39 is 0 Å². The van der Waals surface area contributed by atoms with Crippen LogP contribution in [0.25, 0.3) is 87.2 Å². The van der Waals surface area contributed by atoms with Gasteiger partial charge in [-0.1, -0.05) is 156 Å². The molecule has 234 valence electrons. The topological polar surface area (TPSA) is 0 Å². The van der Waals surface area contributed by atoms with Gasteiger partial charge in [-0.2, -0.15) is 0 Å². The minimum Gasteiger partial charge on any atom is -0.0616 e. The van der Waals surface area contributed by atoms with Gasteiger partial charge < -0.3 is 0 Å². The highest BCUT2D eigenvalue weighted by atomic mass is 14.4. The Labute approximate surface area is 288 Å². The van der Waals surface area contributed by atoms with Gasteiger partial charge in [-0.3, -0.25) is 0 Å². The molecule has 1 aliphatic carbocycles. The first-order valence-electron chi connectivity index (χ1n) is 17.6. The van der Waals surface area contributed by atoms with Gasteiger partial charge in [0, 0.05) is 5.41 Å². The number of hydrogen-bond donors (Lipinski definition) is 0. The second-order valence-electron chi connectivity index (χ2n) is 15.8. The van der Waals surface area contributed by atoms with E-state index >= 15 is 0 Å². The van der Waals surface area contributed by atoms with Crippen molar-refractivity contribution in [2.24, 2.45) is 0 Å². The Hall–Kier alpha value is -5.46. The summed E-state index contributed by atoms with van der Waals surface area (Å²) in [6, 6.07) is 53.1. The monoisotopic (exact) mass is 626 g/mol. The molecule has 0 heterocycles. The summed E-state index contributed by atoms with van der Waals surface area (Å²) in [6.45, 7) is 11.7. The summed E-state index contributed by atoms with van der Waals surface area (Å²) in [7, 11) is 0. The van der Waals surface area contributed by atoms with E-state index in [1.807, 2.05) is 0 Å². The lowest BCUT2D eigenvalue weighted by Crippen LogP contribution is -2.15. The summed E-state index contributed by atoms with van der Waals surface area (Å²) >= 11 is 0. The third-order valence-corrected chi connectivity index (χ3v) is 11.5. The zero-order valence-corrected chi connectivity index (χ0v) is 28.8. The van der Waals surface area contributed by atoms with Gasteiger partial charge in [-0.05, 0) is 128 Å². The van der Waals surface area contributed by atoms with E-state index in [9.17, 15) is 0 Å². The lowest BCUT2D eigenvalue weighted by molar-refractivity contribution is 0.591. The lowest BCUT2D eigenvalue weighted by Gasteiger charge is -2.23. The van der Waals surface area contributed by atoms with E-state index in [0.717, 1.165) is 0 Å². The van der Waals surface area contributed by atoms with Crippen LogP contribution in [0, 0.1) is 0 Å². The minimum atomic E-state index is -0.128. The number of rotatable bonds is 2. The molecule has 0 saturated carbocycles. The SMILES string of the molecule is CC(C)(C)c1cc2ccc3ccc(-c4ccc5c(c4)C(C)(C)c4cc(-c6cc7ccccc7c7ccccc67)ccc4-5)c4ccc(c1)c2c34. The van der Waals surface area contributed by atoms with Crippen LogP contribution in [0.1, 0.15) is 51.3 Å². The Balaban J connectivity index is 1.12. The van der Waals surface area contributed by atoms with Crippen molar-refractivity contribution in [1.29, 1.82) is 0 Å². The van der Waals surface area contributed by atoms with Crippen LogP contribution in [-0.4, -0.2) is 0 Å². The van der Waals surface area contributed by atoms with Crippen LogP contribution in [0.3, 0.4) is 0 Å². The molecular formula is C49H38. The van der Waals surface area contributed by atoms with Crippen molar-refractivity contribution in [3.05, 3.63) is 156 Å². The Bertz CT molecular complexity index is 2800. The van der Waals surface area contributed by atoms with Crippen molar-refractivity contribution in [3.8, 4) is 33.4 Å². The predicted molar refractivity (Wildman–Crippen MR) is 212 cm³/mol. The summed E-state index contributed by atoms with van der Waals surface area (Å²) in [5.74, 6) is 0. The summed E-state index contributed by atoms with van der Waals surface area (Å²) in [5, 5.41) is 13.3. The van der Waals surface area contributed by atoms with E-state index in [4.69, 9.17) is 0 Å². The largest absolute Gasteiger partial charge is 0.0616 e. The van der Waals surface area contributed by atoms with Gasteiger partial charge in [0.1, 0.15) is 0 Å². The van der Waals surface area contributed by atoms with Gasteiger partial charge in [-0.25, -0.2) is 0 Å². The molecule has 9 aromatic carbocycles. The molecule has 1 aliphatic rings. The van der Waals surface area contributed by atoms with Crippen LogP contribution in [-0.2, 0) is 10.8 Å². The highest BCUT2D eigenvalue weighted by molar-refractivity contribution is 6.25. The van der Waals surface area contributed by atoms with Gasteiger partial charge in [0.2, 0.25) is 0 Å². The first-order chi connectivity index (χ1) is 23.7. The molecule has 49 heavy (non-hydrogen) atoms. The summed E-state index contributed by atoms with van der Waals surface area (Å²) in [5.41, 5.74) is 12.0. The van der Waals surface area contributed by atoms with E-state index in [0.29, 0.717) is 0 Å². The molecular weight excluding hydrogens is 589 g/mol. The first kappa shape index (κ1) is 28.5. The maximum absolute atomic E-state index is 2.48. The number of fused-ring (bicyclic) bond motifs is 6. The van der Waals surface area contributed by atoms with Crippen LogP contribution in [0.5, 0.6) is 0 Å². The average molecular weight is 627 g/mol. The molecule has 10 rings (SSSR count). The Morgan fingerprint density at radius 2 is 0.939 bits per heavy atom. The fourth-order valence-electron chi connectivity index (χ4n) is 8.87. The van der Waals surface area contributed by atoms with Crippen LogP contribution in [0.4, 0.5) is 0 Å². The van der Waals surface area contributed by atoms with Gasteiger partial charge in [-0.15, -0.1) is 0 Å². The standard InChI is InChI=1S/C49H38/c1-48(2,3)35-24-33-15-14-29-16-20-37(42-23-19-34(25-35)46(33)47(29)42)31-17-21-40-41-22-18-32(28-45(41)49(4,5)44(40)27-31)43-26-30-10-6-7-11-36(30)38-12-8-9-13-39(38)43/h6-28H,1-5H3. The molecule has 0 aliphatic heterocycles. The fraction of sp³-hybridized carbons (Fsp3) is 0.143. The van der Waals surface area contributed by atoms with Crippen molar-refractivity contribution in [1.82, 2.24) is 0 Å². The Kier molecular flexibility index (Phi) is 5.71. The van der Waals surface area contributed by atoms with Crippen LogP contribution in [0.2, 0.25) is 0 Å². The lowest BCUT2D eigenvalue weighted by atomic mass is 9.80. The molecule has 0 amide bonds. The van der Waals surface area contributed by atoms with Gasteiger partial charge in [0.25, 0.3) is 0 Å². The van der Waals surface area contributed by atoms with E-state index in [-0.39, 0.29) is 10.8 Å². The van der Waals surface area contributed by atoms with E-state index in [1.165, 1.54) is 104 Å². The first-order valence-corrected chi connectivity index (χ1v) is 17.6. The van der Waals surface area contributed by atoms with Crippen molar-refractivity contribution in [3.63, 3.8) is 0 Å². The number of hydrogen-bond acceptors (Lipinski definition) is 0. The summed E-state index contributed by atoms with van der Waals surface area (Å²) in [4.78, 5) is 0. The molecule has 0 radical (unpaired) electrons.